The Hall–Kier alpha value is -1.79. The SMILES string of the molecule is CN=C(NCc1ccc(OC(C)C)cc1)NCC(C)(C)N1CCOCC1. The maximum absolute atomic E-state index is 5.68. The molecule has 0 atom stereocenters. The van der Waals surface area contributed by atoms with Crippen molar-refractivity contribution in [1.82, 2.24) is 15.5 Å². The van der Waals surface area contributed by atoms with Crippen molar-refractivity contribution in [2.75, 3.05) is 39.9 Å². The maximum Gasteiger partial charge on any atom is 0.191 e. The van der Waals surface area contributed by atoms with Crippen molar-refractivity contribution >= 4 is 5.96 Å². The predicted molar refractivity (Wildman–Crippen MR) is 107 cm³/mol. The molecule has 1 aliphatic heterocycles. The molecule has 26 heavy (non-hydrogen) atoms. The molecule has 1 saturated heterocycles. The molecule has 0 bridgehead atoms. The Labute approximate surface area is 158 Å². The van der Waals surface area contributed by atoms with Gasteiger partial charge in [0.25, 0.3) is 0 Å². The van der Waals surface area contributed by atoms with Gasteiger partial charge < -0.3 is 20.1 Å². The van der Waals surface area contributed by atoms with Gasteiger partial charge in [-0.3, -0.25) is 9.89 Å². The molecule has 1 aliphatic rings. The van der Waals surface area contributed by atoms with Crippen LogP contribution in [-0.2, 0) is 11.3 Å². The van der Waals surface area contributed by atoms with Gasteiger partial charge in [-0.15, -0.1) is 0 Å². The molecule has 0 unspecified atom stereocenters. The molecule has 6 nitrogen and oxygen atoms in total. The summed E-state index contributed by atoms with van der Waals surface area (Å²) >= 11 is 0. The molecular weight excluding hydrogens is 328 g/mol. The first kappa shape index (κ1) is 20.5. The fourth-order valence-electron chi connectivity index (χ4n) is 2.94. The lowest BCUT2D eigenvalue weighted by molar-refractivity contribution is -0.00834. The van der Waals surface area contributed by atoms with Gasteiger partial charge in [0.05, 0.1) is 19.3 Å². The Bertz CT molecular complexity index is 564. The zero-order valence-electron chi connectivity index (χ0n) is 16.8. The van der Waals surface area contributed by atoms with E-state index >= 15 is 0 Å². The molecule has 2 N–H and O–H groups in total. The summed E-state index contributed by atoms with van der Waals surface area (Å²) in [4.78, 5) is 6.80. The number of guanidine groups is 1. The van der Waals surface area contributed by atoms with Gasteiger partial charge in [-0.2, -0.15) is 0 Å². The van der Waals surface area contributed by atoms with Crippen LogP contribution in [0.4, 0.5) is 0 Å². The first-order valence-corrected chi connectivity index (χ1v) is 9.43. The third kappa shape index (κ3) is 6.50. The van der Waals surface area contributed by atoms with Crippen LogP contribution in [0.25, 0.3) is 0 Å². The predicted octanol–water partition coefficient (Wildman–Crippen LogP) is 2.25. The van der Waals surface area contributed by atoms with E-state index in [4.69, 9.17) is 9.47 Å². The number of hydrogen-bond acceptors (Lipinski definition) is 4. The van der Waals surface area contributed by atoms with Crippen LogP contribution in [0.2, 0.25) is 0 Å². The zero-order valence-corrected chi connectivity index (χ0v) is 16.8. The molecule has 1 aromatic carbocycles. The van der Waals surface area contributed by atoms with E-state index in [9.17, 15) is 0 Å². The topological polar surface area (TPSA) is 58.1 Å². The minimum absolute atomic E-state index is 0.0528. The molecule has 0 aliphatic carbocycles. The summed E-state index contributed by atoms with van der Waals surface area (Å²) < 4.78 is 11.1. The Morgan fingerprint density at radius 2 is 1.85 bits per heavy atom. The minimum Gasteiger partial charge on any atom is -0.491 e. The first-order valence-electron chi connectivity index (χ1n) is 9.43. The molecule has 146 valence electrons. The van der Waals surface area contributed by atoms with Gasteiger partial charge in [0.1, 0.15) is 5.75 Å². The number of nitrogens with zero attached hydrogens (tertiary/aromatic N) is 2. The van der Waals surface area contributed by atoms with Gasteiger partial charge in [-0.25, -0.2) is 0 Å². The van der Waals surface area contributed by atoms with Crippen molar-refractivity contribution in [3.63, 3.8) is 0 Å². The smallest absolute Gasteiger partial charge is 0.191 e. The highest BCUT2D eigenvalue weighted by Gasteiger charge is 2.28. The summed E-state index contributed by atoms with van der Waals surface area (Å²) in [7, 11) is 1.80. The van der Waals surface area contributed by atoms with Crippen LogP contribution >= 0.6 is 0 Å². The second-order valence-corrected chi connectivity index (χ2v) is 7.50. The molecule has 0 saturated carbocycles. The monoisotopic (exact) mass is 362 g/mol. The number of rotatable bonds is 7. The number of nitrogens with one attached hydrogen (secondary N) is 2. The van der Waals surface area contributed by atoms with Crippen molar-refractivity contribution < 1.29 is 9.47 Å². The molecule has 0 aromatic heterocycles. The number of hydrogen-bond donors (Lipinski definition) is 2. The average Bonchev–Trinajstić information content (AvgIpc) is 2.63. The van der Waals surface area contributed by atoms with Gasteiger partial charge >= 0.3 is 0 Å². The van der Waals surface area contributed by atoms with E-state index in [1.807, 2.05) is 26.0 Å². The van der Waals surface area contributed by atoms with Crippen LogP contribution in [0.15, 0.2) is 29.3 Å². The van der Waals surface area contributed by atoms with E-state index in [2.05, 4.69) is 46.5 Å². The van der Waals surface area contributed by atoms with Crippen LogP contribution in [0.1, 0.15) is 33.3 Å². The lowest BCUT2D eigenvalue weighted by atomic mass is 10.0. The summed E-state index contributed by atoms with van der Waals surface area (Å²) in [5.41, 5.74) is 1.24. The summed E-state index contributed by atoms with van der Waals surface area (Å²) in [6.45, 7) is 13.7. The Kier molecular flexibility index (Phi) is 7.72. The third-order valence-electron chi connectivity index (χ3n) is 4.53. The molecule has 0 spiro atoms. The van der Waals surface area contributed by atoms with E-state index in [1.165, 1.54) is 5.56 Å². The molecular formula is C20H34N4O2. The Morgan fingerprint density at radius 1 is 1.19 bits per heavy atom. The highest BCUT2D eigenvalue weighted by atomic mass is 16.5. The Balaban J connectivity index is 1.80. The summed E-state index contributed by atoms with van der Waals surface area (Å²) in [5, 5.41) is 6.82. The van der Waals surface area contributed by atoms with Crippen molar-refractivity contribution in [1.29, 1.82) is 0 Å². The van der Waals surface area contributed by atoms with Crippen molar-refractivity contribution in [2.24, 2.45) is 4.99 Å². The van der Waals surface area contributed by atoms with Gasteiger partial charge in [-0.05, 0) is 45.4 Å². The third-order valence-corrected chi connectivity index (χ3v) is 4.53. The van der Waals surface area contributed by atoms with Gasteiger partial charge in [0.2, 0.25) is 0 Å². The number of morpholine rings is 1. The van der Waals surface area contributed by atoms with E-state index < -0.39 is 0 Å². The van der Waals surface area contributed by atoms with Crippen LogP contribution in [0.5, 0.6) is 5.75 Å². The van der Waals surface area contributed by atoms with Crippen LogP contribution < -0.4 is 15.4 Å². The fraction of sp³-hybridized carbons (Fsp3) is 0.650. The molecule has 6 heteroatoms. The van der Waals surface area contributed by atoms with Crippen LogP contribution in [-0.4, -0.2) is 62.4 Å². The number of benzene rings is 1. The maximum atomic E-state index is 5.68. The summed E-state index contributed by atoms with van der Waals surface area (Å²) in [5.74, 6) is 1.72. The second-order valence-electron chi connectivity index (χ2n) is 7.50. The van der Waals surface area contributed by atoms with Crippen molar-refractivity contribution in [3.05, 3.63) is 29.8 Å². The lowest BCUT2D eigenvalue weighted by Gasteiger charge is -2.41. The van der Waals surface area contributed by atoms with E-state index in [-0.39, 0.29) is 11.6 Å². The molecule has 1 fully saturated rings. The highest BCUT2D eigenvalue weighted by molar-refractivity contribution is 5.79. The first-order chi connectivity index (χ1) is 12.4. The Morgan fingerprint density at radius 3 is 2.42 bits per heavy atom. The molecule has 1 aromatic rings. The van der Waals surface area contributed by atoms with Crippen molar-refractivity contribution in [2.45, 2.75) is 45.9 Å². The second kappa shape index (κ2) is 9.78. The normalized spacial score (nSPS) is 16.6. The van der Waals surface area contributed by atoms with E-state index in [0.29, 0.717) is 0 Å². The fourth-order valence-corrected chi connectivity index (χ4v) is 2.94. The average molecular weight is 363 g/mol. The summed E-state index contributed by atoms with van der Waals surface area (Å²) in [6.07, 6.45) is 0.192. The van der Waals surface area contributed by atoms with E-state index in [0.717, 1.165) is 51.1 Å². The molecule has 0 radical (unpaired) electrons. The summed E-state index contributed by atoms with van der Waals surface area (Å²) in [6, 6.07) is 8.18. The minimum atomic E-state index is 0.0528. The molecule has 1 heterocycles. The highest BCUT2D eigenvalue weighted by Crippen LogP contribution is 2.15. The van der Waals surface area contributed by atoms with Gasteiger partial charge in [0, 0.05) is 38.8 Å². The molecule has 0 amide bonds. The quantitative estimate of drug-likeness (QED) is 0.576. The standard InChI is InChI=1S/C20H34N4O2/c1-16(2)26-18-8-6-17(7-9-18)14-22-19(21-5)23-15-20(3,4)24-10-12-25-13-11-24/h6-9,16H,10-15H2,1-5H3,(H2,21,22,23). The molecule has 2 rings (SSSR count). The van der Waals surface area contributed by atoms with E-state index in [1.54, 1.807) is 7.05 Å². The van der Waals surface area contributed by atoms with Crippen LogP contribution in [0.3, 0.4) is 0 Å². The largest absolute Gasteiger partial charge is 0.491 e. The zero-order chi connectivity index (χ0) is 19.0. The lowest BCUT2D eigenvalue weighted by Crippen LogP contribution is -2.56. The number of ether oxygens (including phenoxy) is 2. The number of aliphatic imine (C=N–C) groups is 1. The van der Waals surface area contributed by atoms with Gasteiger partial charge in [-0.1, -0.05) is 12.1 Å². The van der Waals surface area contributed by atoms with Crippen LogP contribution in [0, 0.1) is 0 Å². The van der Waals surface area contributed by atoms with Gasteiger partial charge in [0.15, 0.2) is 5.96 Å². The van der Waals surface area contributed by atoms with Crippen molar-refractivity contribution in [3.8, 4) is 5.75 Å².